The van der Waals surface area contributed by atoms with Crippen LogP contribution in [0.2, 0.25) is 0 Å². The Labute approximate surface area is 146 Å². The quantitative estimate of drug-likeness (QED) is 0.381. The fraction of sp³-hybridized carbons (Fsp3) is 0.643. The molecule has 0 spiro atoms. The highest BCUT2D eigenvalue weighted by Crippen LogP contribution is 2.36. The zero-order chi connectivity index (χ0) is 16.8. The van der Waals surface area contributed by atoms with E-state index < -0.39 is 10.0 Å². The molecule has 0 amide bonds. The smallest absolute Gasteiger partial charge is 0.250 e. The van der Waals surface area contributed by atoms with Gasteiger partial charge in [-0.25, -0.2) is 13.1 Å². The summed E-state index contributed by atoms with van der Waals surface area (Å²) in [6, 6.07) is 3.33. The molecule has 1 aliphatic rings. The van der Waals surface area contributed by atoms with Crippen LogP contribution in [0.3, 0.4) is 0 Å². The van der Waals surface area contributed by atoms with Gasteiger partial charge in [-0.3, -0.25) is 4.99 Å². The largest absolute Gasteiger partial charge is 0.355 e. The molecule has 3 N–H and O–H groups in total. The number of hydrogen-bond donors (Lipinski definition) is 3. The topological polar surface area (TPSA) is 82.6 Å². The summed E-state index contributed by atoms with van der Waals surface area (Å²) in [5.41, 5.74) is 0. The van der Waals surface area contributed by atoms with Gasteiger partial charge in [0.2, 0.25) is 10.0 Å². The number of sulfonamides is 1. The molecule has 1 aromatic heterocycles. The first-order valence-electron chi connectivity index (χ1n) is 7.57. The molecule has 0 aromatic carbocycles. The van der Waals surface area contributed by atoms with Crippen LogP contribution in [0.1, 0.15) is 19.8 Å². The third kappa shape index (κ3) is 5.66. The Morgan fingerprint density at radius 3 is 2.83 bits per heavy atom. The number of nitrogens with zero attached hydrogens (tertiary/aromatic N) is 1. The maximum absolute atomic E-state index is 12.0. The van der Waals surface area contributed by atoms with Crippen LogP contribution in [0.4, 0.5) is 0 Å². The number of thioether (sulfide) groups is 1. The van der Waals surface area contributed by atoms with Crippen molar-refractivity contribution in [2.24, 2.45) is 4.99 Å². The minimum atomic E-state index is -3.39. The van der Waals surface area contributed by atoms with E-state index in [1.54, 1.807) is 24.6 Å². The van der Waals surface area contributed by atoms with Gasteiger partial charge in [-0.15, -0.1) is 11.3 Å². The van der Waals surface area contributed by atoms with Crippen LogP contribution in [0.25, 0.3) is 0 Å². The first-order valence-corrected chi connectivity index (χ1v) is 10.9. The van der Waals surface area contributed by atoms with Gasteiger partial charge in [-0.05, 0) is 37.0 Å². The minimum Gasteiger partial charge on any atom is -0.355 e. The summed E-state index contributed by atoms with van der Waals surface area (Å²) in [6.07, 6.45) is 2.47. The highest BCUT2D eigenvalue weighted by Gasteiger charge is 2.29. The molecular weight excluding hydrogens is 352 g/mol. The first-order chi connectivity index (χ1) is 11.0. The highest BCUT2D eigenvalue weighted by atomic mass is 32.2. The van der Waals surface area contributed by atoms with Gasteiger partial charge in [-0.1, -0.05) is 6.07 Å². The molecule has 0 bridgehead atoms. The zero-order valence-electron chi connectivity index (χ0n) is 13.5. The van der Waals surface area contributed by atoms with Crippen LogP contribution in [0.5, 0.6) is 0 Å². The molecule has 0 aliphatic carbocycles. The molecule has 1 fully saturated rings. The minimum absolute atomic E-state index is 0.262. The van der Waals surface area contributed by atoms with Crippen LogP contribution < -0.4 is 15.4 Å². The molecule has 23 heavy (non-hydrogen) atoms. The molecule has 1 unspecified atom stereocenters. The fourth-order valence-corrected chi connectivity index (χ4v) is 5.64. The van der Waals surface area contributed by atoms with Gasteiger partial charge in [-0.2, -0.15) is 11.8 Å². The SMILES string of the molecule is CN=C(NCCNS(=O)(=O)c1cccs1)NCC1(C)CCCS1. The molecule has 2 rings (SSSR count). The van der Waals surface area contributed by atoms with Crippen molar-refractivity contribution in [1.29, 1.82) is 0 Å². The lowest BCUT2D eigenvalue weighted by Crippen LogP contribution is -2.45. The Bertz CT molecular complexity index is 608. The average molecular weight is 377 g/mol. The van der Waals surface area contributed by atoms with Crippen LogP contribution in [-0.4, -0.2) is 51.6 Å². The number of nitrogens with one attached hydrogen (secondary N) is 3. The van der Waals surface area contributed by atoms with Crippen molar-refractivity contribution in [1.82, 2.24) is 15.4 Å². The van der Waals surface area contributed by atoms with E-state index in [0.717, 1.165) is 6.54 Å². The van der Waals surface area contributed by atoms with Crippen molar-refractivity contribution >= 4 is 39.1 Å². The highest BCUT2D eigenvalue weighted by molar-refractivity contribution is 8.00. The van der Waals surface area contributed by atoms with Crippen molar-refractivity contribution in [3.05, 3.63) is 17.5 Å². The lowest BCUT2D eigenvalue weighted by Gasteiger charge is -2.24. The summed E-state index contributed by atoms with van der Waals surface area (Å²) in [5, 5.41) is 8.20. The number of hydrogen-bond acceptors (Lipinski definition) is 5. The predicted octanol–water partition coefficient (Wildman–Crippen LogP) is 1.48. The molecule has 2 heterocycles. The Morgan fingerprint density at radius 1 is 1.39 bits per heavy atom. The van der Waals surface area contributed by atoms with Crippen molar-refractivity contribution < 1.29 is 8.42 Å². The maximum Gasteiger partial charge on any atom is 0.250 e. The van der Waals surface area contributed by atoms with E-state index in [1.165, 1.54) is 29.9 Å². The lowest BCUT2D eigenvalue weighted by atomic mass is 10.1. The van der Waals surface area contributed by atoms with Crippen LogP contribution >= 0.6 is 23.1 Å². The van der Waals surface area contributed by atoms with E-state index in [-0.39, 0.29) is 4.75 Å². The lowest BCUT2D eigenvalue weighted by molar-refractivity contribution is 0.578. The van der Waals surface area contributed by atoms with Crippen LogP contribution in [0, 0.1) is 0 Å². The molecule has 6 nitrogen and oxygen atoms in total. The molecule has 0 saturated carbocycles. The van der Waals surface area contributed by atoms with Crippen molar-refractivity contribution in [2.75, 3.05) is 32.4 Å². The monoisotopic (exact) mass is 376 g/mol. The molecule has 130 valence electrons. The summed E-state index contributed by atoms with van der Waals surface area (Å²) >= 11 is 3.20. The van der Waals surface area contributed by atoms with E-state index in [1.807, 2.05) is 11.8 Å². The number of rotatable bonds is 7. The predicted molar refractivity (Wildman–Crippen MR) is 99.0 cm³/mol. The summed E-state index contributed by atoms with van der Waals surface area (Å²) in [6.45, 7) is 3.92. The number of guanidine groups is 1. The number of aliphatic imine (C=N–C) groups is 1. The van der Waals surface area contributed by atoms with E-state index in [0.29, 0.717) is 23.3 Å². The van der Waals surface area contributed by atoms with Crippen molar-refractivity contribution in [3.8, 4) is 0 Å². The number of thiophene rings is 1. The Hall–Kier alpha value is -0.770. The summed E-state index contributed by atoms with van der Waals surface area (Å²) in [7, 11) is -1.67. The van der Waals surface area contributed by atoms with Crippen molar-refractivity contribution in [3.63, 3.8) is 0 Å². The Kier molecular flexibility index (Phi) is 6.75. The molecule has 1 saturated heterocycles. The van der Waals surface area contributed by atoms with Crippen LogP contribution in [-0.2, 0) is 10.0 Å². The van der Waals surface area contributed by atoms with Gasteiger partial charge in [0.15, 0.2) is 5.96 Å². The molecule has 0 radical (unpaired) electrons. The van der Waals surface area contributed by atoms with Crippen molar-refractivity contribution in [2.45, 2.75) is 28.7 Å². The fourth-order valence-electron chi connectivity index (χ4n) is 2.32. The van der Waals surface area contributed by atoms with Gasteiger partial charge in [0.05, 0.1) is 0 Å². The second-order valence-corrected chi connectivity index (χ2v) is 10.2. The maximum atomic E-state index is 12.0. The summed E-state index contributed by atoms with van der Waals surface area (Å²) in [4.78, 5) is 4.17. The zero-order valence-corrected chi connectivity index (χ0v) is 15.9. The van der Waals surface area contributed by atoms with E-state index in [4.69, 9.17) is 0 Å². The van der Waals surface area contributed by atoms with E-state index in [2.05, 4.69) is 27.3 Å². The van der Waals surface area contributed by atoms with Gasteiger partial charge in [0.25, 0.3) is 0 Å². The summed E-state index contributed by atoms with van der Waals surface area (Å²) < 4.78 is 27.1. The third-order valence-corrected chi connectivity index (χ3v) is 8.02. The second-order valence-electron chi connectivity index (χ2n) is 5.58. The molecule has 1 aromatic rings. The third-order valence-electron chi connectivity index (χ3n) is 3.62. The normalized spacial score (nSPS) is 22.3. The summed E-state index contributed by atoms with van der Waals surface area (Å²) in [5.74, 6) is 1.92. The molecule has 1 atom stereocenters. The second kappa shape index (κ2) is 8.36. The van der Waals surface area contributed by atoms with Gasteiger partial charge in [0, 0.05) is 31.4 Å². The standard InChI is InChI=1S/C14H24N4O2S3/c1-14(6-4-10-22-14)11-17-13(15-2)16-7-8-18-23(19,20)12-5-3-9-21-12/h3,5,9,18H,4,6-8,10-11H2,1-2H3,(H2,15,16,17). The van der Waals surface area contributed by atoms with E-state index >= 15 is 0 Å². The van der Waals surface area contributed by atoms with Gasteiger partial charge >= 0.3 is 0 Å². The molecular formula is C14H24N4O2S3. The molecule has 1 aliphatic heterocycles. The van der Waals surface area contributed by atoms with E-state index in [9.17, 15) is 8.42 Å². The van der Waals surface area contributed by atoms with Gasteiger partial charge < -0.3 is 10.6 Å². The Balaban J connectivity index is 1.70. The average Bonchev–Trinajstić information content (AvgIpc) is 3.19. The molecule has 9 heteroatoms. The Morgan fingerprint density at radius 2 is 2.22 bits per heavy atom. The first kappa shape index (κ1) is 18.6. The van der Waals surface area contributed by atoms with Crippen LogP contribution in [0.15, 0.2) is 26.7 Å². The van der Waals surface area contributed by atoms with Gasteiger partial charge in [0.1, 0.15) is 4.21 Å².